The molecule has 0 saturated heterocycles. The van der Waals surface area contributed by atoms with Crippen LogP contribution in [-0.2, 0) is 6.42 Å². The first-order valence-corrected chi connectivity index (χ1v) is 5.73. The van der Waals surface area contributed by atoms with Gasteiger partial charge in [0.1, 0.15) is 0 Å². The van der Waals surface area contributed by atoms with Crippen LogP contribution in [0.5, 0.6) is 0 Å². The maximum atomic E-state index is 4.39. The van der Waals surface area contributed by atoms with E-state index in [0.717, 1.165) is 24.2 Å². The van der Waals surface area contributed by atoms with Crippen LogP contribution >= 0.6 is 15.9 Å². The number of aryl methyl sites for hydroxylation is 2. The van der Waals surface area contributed by atoms with Crippen LogP contribution in [0.15, 0.2) is 36.4 Å². The highest BCUT2D eigenvalue weighted by Gasteiger charge is 2.05. The van der Waals surface area contributed by atoms with E-state index >= 15 is 0 Å². The molecule has 0 radical (unpaired) electrons. The Hall–Kier alpha value is -1.09. The Labute approximate surface area is 99.1 Å². The van der Waals surface area contributed by atoms with Gasteiger partial charge in [-0.25, -0.2) is 4.68 Å². The van der Waals surface area contributed by atoms with E-state index in [2.05, 4.69) is 40.3 Å². The zero-order chi connectivity index (χ0) is 11.3. The Morgan fingerprint density at radius 2 is 2.40 bits per heavy atom. The normalized spacial score (nSPS) is 10.8. The van der Waals surface area contributed by atoms with Crippen LogP contribution in [0.1, 0.15) is 17.8 Å². The monoisotopic (exact) mass is 266 g/mol. The van der Waals surface area contributed by atoms with Gasteiger partial charge in [-0.15, -0.1) is 6.58 Å². The first-order chi connectivity index (χ1) is 7.19. The number of nitrogens with zero attached hydrogens (tertiary/aromatic N) is 2. The molecule has 0 bridgehead atoms. The molecule has 0 unspecified atom stereocenters. The lowest BCUT2D eigenvalue weighted by Gasteiger charge is -2.05. The second kappa shape index (κ2) is 5.71. The smallest absolute Gasteiger partial charge is 0.0601 e. The third-order valence-electron chi connectivity index (χ3n) is 2.04. The van der Waals surface area contributed by atoms with Gasteiger partial charge in [0.25, 0.3) is 0 Å². The minimum absolute atomic E-state index is 0.860. The lowest BCUT2D eigenvalue weighted by atomic mass is 10.2. The number of hydrogen-bond acceptors (Lipinski definition) is 1. The molecular formula is C12H15BrN2. The van der Waals surface area contributed by atoms with Gasteiger partial charge in [0.05, 0.1) is 11.4 Å². The Morgan fingerprint density at radius 3 is 3.00 bits per heavy atom. The summed E-state index contributed by atoms with van der Waals surface area (Å²) in [6, 6.07) is 2.08. The summed E-state index contributed by atoms with van der Waals surface area (Å²) in [7, 11) is 0. The van der Waals surface area contributed by atoms with Crippen molar-refractivity contribution in [3.63, 3.8) is 0 Å². The lowest BCUT2D eigenvalue weighted by Crippen LogP contribution is -2.01. The molecule has 0 fully saturated rings. The van der Waals surface area contributed by atoms with Crippen LogP contribution < -0.4 is 0 Å². The van der Waals surface area contributed by atoms with Gasteiger partial charge in [-0.2, -0.15) is 5.10 Å². The molecule has 1 aromatic heterocycles. The zero-order valence-electron chi connectivity index (χ0n) is 8.91. The number of allylic oxidation sites excluding steroid dienone is 3. The highest BCUT2D eigenvalue weighted by Crippen LogP contribution is 2.13. The van der Waals surface area contributed by atoms with Gasteiger partial charge in [0.15, 0.2) is 0 Å². The molecule has 1 rings (SSSR count). The van der Waals surface area contributed by atoms with Gasteiger partial charge in [-0.3, -0.25) is 0 Å². The first-order valence-electron chi connectivity index (χ1n) is 4.81. The van der Waals surface area contributed by atoms with Crippen molar-refractivity contribution in [1.29, 1.82) is 0 Å². The second-order valence-corrected chi connectivity index (χ2v) is 3.83. The fourth-order valence-corrected chi connectivity index (χ4v) is 1.68. The maximum Gasteiger partial charge on any atom is 0.0601 e. The third-order valence-corrected chi connectivity index (χ3v) is 2.30. The summed E-state index contributed by atoms with van der Waals surface area (Å²) in [5.41, 5.74) is 3.04. The molecule has 0 atom stereocenters. The third kappa shape index (κ3) is 3.20. The van der Waals surface area contributed by atoms with Crippen molar-refractivity contribution >= 4 is 21.6 Å². The zero-order valence-corrected chi connectivity index (χ0v) is 10.5. The van der Waals surface area contributed by atoms with Crippen LogP contribution in [0.25, 0.3) is 5.70 Å². The number of hydrogen-bond donors (Lipinski definition) is 0. The SMILES string of the molecule is C=CCCc1cc(C)nn1C(=C)C=CBr. The number of rotatable bonds is 5. The summed E-state index contributed by atoms with van der Waals surface area (Å²) in [6.45, 7) is 9.66. The molecule has 1 aromatic rings. The van der Waals surface area contributed by atoms with E-state index in [-0.39, 0.29) is 0 Å². The molecule has 1 heterocycles. The highest BCUT2D eigenvalue weighted by atomic mass is 79.9. The molecule has 0 amide bonds. The van der Waals surface area contributed by atoms with E-state index < -0.39 is 0 Å². The average Bonchev–Trinajstić information content (AvgIpc) is 2.57. The summed E-state index contributed by atoms with van der Waals surface area (Å²) in [5.74, 6) is 0. The minimum atomic E-state index is 0.860. The van der Waals surface area contributed by atoms with Gasteiger partial charge in [0, 0.05) is 5.69 Å². The predicted molar refractivity (Wildman–Crippen MR) is 68.9 cm³/mol. The molecule has 3 heteroatoms. The number of halogens is 1. The molecule has 0 spiro atoms. The first kappa shape index (κ1) is 12.0. The highest BCUT2D eigenvalue weighted by molar-refractivity contribution is 9.11. The molecule has 80 valence electrons. The Balaban J connectivity index is 2.94. The van der Waals surface area contributed by atoms with Crippen molar-refractivity contribution in [2.24, 2.45) is 0 Å². The Kier molecular flexibility index (Phi) is 4.56. The predicted octanol–water partition coefficient (Wildman–Crippen LogP) is 3.69. The fraction of sp³-hybridized carbons (Fsp3) is 0.250. The summed E-state index contributed by atoms with van der Waals surface area (Å²) in [6.07, 6.45) is 5.69. The Morgan fingerprint density at radius 1 is 1.67 bits per heavy atom. The number of aromatic nitrogens is 2. The Bertz CT molecular complexity index is 388. The molecule has 0 N–H and O–H groups in total. The quantitative estimate of drug-likeness (QED) is 0.587. The van der Waals surface area contributed by atoms with E-state index in [4.69, 9.17) is 0 Å². The summed E-state index contributed by atoms with van der Waals surface area (Å²) in [5, 5.41) is 4.39. The summed E-state index contributed by atoms with van der Waals surface area (Å²) < 4.78 is 1.87. The molecule has 0 saturated carbocycles. The van der Waals surface area contributed by atoms with E-state index in [9.17, 15) is 0 Å². The van der Waals surface area contributed by atoms with E-state index in [1.54, 1.807) is 4.99 Å². The second-order valence-electron chi connectivity index (χ2n) is 3.30. The summed E-state index contributed by atoms with van der Waals surface area (Å²) in [4.78, 5) is 1.78. The molecule has 0 aromatic carbocycles. The van der Waals surface area contributed by atoms with Gasteiger partial charge in [0.2, 0.25) is 0 Å². The van der Waals surface area contributed by atoms with Crippen molar-refractivity contribution in [2.75, 3.05) is 0 Å². The van der Waals surface area contributed by atoms with Gasteiger partial charge in [-0.1, -0.05) is 28.6 Å². The topological polar surface area (TPSA) is 17.8 Å². The van der Waals surface area contributed by atoms with Crippen molar-refractivity contribution in [3.8, 4) is 0 Å². The molecule has 2 nitrogen and oxygen atoms in total. The molecule has 0 aliphatic carbocycles. The lowest BCUT2D eigenvalue weighted by molar-refractivity contribution is 0.808. The van der Waals surface area contributed by atoms with Crippen molar-refractivity contribution in [2.45, 2.75) is 19.8 Å². The largest absolute Gasteiger partial charge is 0.238 e. The van der Waals surface area contributed by atoms with E-state index in [1.807, 2.05) is 23.8 Å². The maximum absolute atomic E-state index is 4.39. The fourth-order valence-electron chi connectivity index (χ4n) is 1.37. The van der Waals surface area contributed by atoms with E-state index in [1.165, 1.54) is 5.69 Å². The molecule has 0 aliphatic heterocycles. The van der Waals surface area contributed by atoms with Crippen LogP contribution in [-0.4, -0.2) is 9.78 Å². The van der Waals surface area contributed by atoms with Crippen LogP contribution in [0.4, 0.5) is 0 Å². The van der Waals surface area contributed by atoms with E-state index in [0.29, 0.717) is 0 Å². The van der Waals surface area contributed by atoms with Gasteiger partial charge < -0.3 is 0 Å². The minimum Gasteiger partial charge on any atom is -0.238 e. The van der Waals surface area contributed by atoms with Crippen LogP contribution in [0.2, 0.25) is 0 Å². The summed E-state index contributed by atoms with van der Waals surface area (Å²) >= 11 is 3.23. The van der Waals surface area contributed by atoms with Crippen molar-refractivity contribution in [1.82, 2.24) is 9.78 Å². The van der Waals surface area contributed by atoms with Crippen LogP contribution in [0.3, 0.4) is 0 Å². The van der Waals surface area contributed by atoms with Crippen molar-refractivity contribution < 1.29 is 0 Å². The van der Waals surface area contributed by atoms with Crippen LogP contribution in [0, 0.1) is 6.92 Å². The standard InChI is InChI=1S/C12H15BrN2/c1-4-5-6-12-9-10(2)14-15(12)11(3)7-8-13/h4,7-9H,1,3,5-6H2,2H3. The average molecular weight is 267 g/mol. The molecule has 15 heavy (non-hydrogen) atoms. The van der Waals surface area contributed by atoms with Gasteiger partial charge in [-0.05, 0) is 36.9 Å². The van der Waals surface area contributed by atoms with Gasteiger partial charge >= 0.3 is 0 Å². The molecular weight excluding hydrogens is 252 g/mol. The molecule has 0 aliphatic rings. The van der Waals surface area contributed by atoms with Crippen molar-refractivity contribution in [3.05, 3.63) is 47.7 Å².